The van der Waals surface area contributed by atoms with Crippen molar-refractivity contribution in [3.8, 4) is 11.5 Å². The van der Waals surface area contributed by atoms with Crippen LogP contribution in [-0.2, 0) is 11.3 Å². The van der Waals surface area contributed by atoms with E-state index in [1.807, 2.05) is 0 Å². The zero-order valence-electron chi connectivity index (χ0n) is 15.0. The third kappa shape index (κ3) is 2.77. The van der Waals surface area contributed by atoms with Crippen molar-refractivity contribution in [1.82, 2.24) is 4.90 Å². The lowest BCUT2D eigenvalue weighted by Gasteiger charge is -2.24. The SMILES string of the molecule is O=C(C1=C(O)C(=O)N(Cc2ccc3c(c2)OCO3)C1c1ccco1)c1ccco1. The molecule has 5 rings (SSSR count). The molecule has 2 aromatic heterocycles. The van der Waals surface area contributed by atoms with Gasteiger partial charge in [0.2, 0.25) is 12.6 Å². The Morgan fingerprint density at radius 3 is 2.62 bits per heavy atom. The normalized spacial score (nSPS) is 18.0. The summed E-state index contributed by atoms with van der Waals surface area (Å²) in [5.41, 5.74) is 0.666. The molecule has 1 unspecified atom stereocenters. The molecule has 4 heterocycles. The van der Waals surface area contributed by atoms with Crippen molar-refractivity contribution in [2.45, 2.75) is 12.6 Å². The highest BCUT2D eigenvalue weighted by Gasteiger charge is 2.45. The molecule has 3 aromatic rings. The highest BCUT2D eigenvalue weighted by molar-refractivity contribution is 6.14. The van der Waals surface area contributed by atoms with Crippen molar-refractivity contribution in [2.24, 2.45) is 0 Å². The first kappa shape index (κ1) is 17.2. The van der Waals surface area contributed by atoms with E-state index in [0.717, 1.165) is 5.56 Å². The number of ether oxygens (including phenoxy) is 2. The Hall–Kier alpha value is -3.94. The van der Waals surface area contributed by atoms with Crippen LogP contribution >= 0.6 is 0 Å². The summed E-state index contributed by atoms with van der Waals surface area (Å²) in [6.07, 6.45) is 2.80. The molecular formula is C21H15NO7. The van der Waals surface area contributed by atoms with Gasteiger partial charge in [-0.25, -0.2) is 0 Å². The van der Waals surface area contributed by atoms with E-state index in [1.165, 1.54) is 23.5 Å². The van der Waals surface area contributed by atoms with Gasteiger partial charge in [0.15, 0.2) is 23.0 Å². The molecule has 0 spiro atoms. The number of aliphatic hydroxyl groups is 1. The maximum absolute atomic E-state index is 13.0. The summed E-state index contributed by atoms with van der Waals surface area (Å²) >= 11 is 0. The van der Waals surface area contributed by atoms with E-state index in [1.54, 1.807) is 36.4 Å². The van der Waals surface area contributed by atoms with Crippen molar-refractivity contribution in [1.29, 1.82) is 0 Å². The first-order chi connectivity index (χ1) is 14.1. The molecule has 0 fully saturated rings. The number of hydrogen-bond acceptors (Lipinski definition) is 7. The van der Waals surface area contributed by atoms with E-state index in [-0.39, 0.29) is 24.7 Å². The molecule has 8 nitrogen and oxygen atoms in total. The average Bonchev–Trinajstić information content (AvgIpc) is 3.51. The minimum Gasteiger partial charge on any atom is -0.503 e. The van der Waals surface area contributed by atoms with Crippen molar-refractivity contribution < 1.29 is 33.0 Å². The van der Waals surface area contributed by atoms with E-state index >= 15 is 0 Å². The van der Waals surface area contributed by atoms with Gasteiger partial charge in [-0.1, -0.05) is 6.07 Å². The lowest BCUT2D eigenvalue weighted by molar-refractivity contribution is -0.130. The quantitative estimate of drug-likeness (QED) is 0.663. The monoisotopic (exact) mass is 393 g/mol. The molecule has 146 valence electrons. The van der Waals surface area contributed by atoms with Gasteiger partial charge in [0.1, 0.15) is 11.8 Å². The fraction of sp³-hybridized carbons (Fsp3) is 0.143. The average molecular weight is 393 g/mol. The van der Waals surface area contributed by atoms with Crippen LogP contribution in [0.2, 0.25) is 0 Å². The first-order valence-electron chi connectivity index (χ1n) is 8.87. The second-order valence-electron chi connectivity index (χ2n) is 6.61. The number of amides is 1. The Labute approximate surface area is 164 Å². The van der Waals surface area contributed by atoms with Crippen LogP contribution in [0.15, 0.2) is 75.2 Å². The zero-order valence-corrected chi connectivity index (χ0v) is 15.0. The lowest BCUT2D eigenvalue weighted by atomic mass is 9.99. The van der Waals surface area contributed by atoms with E-state index in [0.29, 0.717) is 17.3 Å². The lowest BCUT2D eigenvalue weighted by Crippen LogP contribution is -2.30. The minimum atomic E-state index is -0.888. The van der Waals surface area contributed by atoms with Crippen LogP contribution in [0.1, 0.15) is 27.9 Å². The molecule has 0 aliphatic carbocycles. The van der Waals surface area contributed by atoms with Crippen LogP contribution in [-0.4, -0.2) is 28.5 Å². The Morgan fingerprint density at radius 1 is 1.07 bits per heavy atom. The standard InChI is InChI=1S/C21H15NO7/c23-19(15-4-2-8-27-15)17-18(14-3-1-7-26-14)22(21(25)20(17)24)10-12-5-6-13-16(9-12)29-11-28-13/h1-9,18,24H,10-11H2. The second kappa shape index (κ2) is 6.59. The van der Waals surface area contributed by atoms with E-state index in [4.69, 9.17) is 18.3 Å². The summed E-state index contributed by atoms with van der Waals surface area (Å²) in [6, 6.07) is 10.8. The van der Waals surface area contributed by atoms with Gasteiger partial charge in [-0.05, 0) is 42.0 Å². The van der Waals surface area contributed by atoms with Crippen LogP contribution in [0.5, 0.6) is 11.5 Å². The van der Waals surface area contributed by atoms with Crippen molar-refractivity contribution in [3.05, 3.63) is 83.4 Å². The number of hydrogen-bond donors (Lipinski definition) is 1. The van der Waals surface area contributed by atoms with Gasteiger partial charge >= 0.3 is 0 Å². The number of carbonyl (C=O) groups is 2. The Bertz CT molecular complexity index is 1110. The van der Waals surface area contributed by atoms with Gasteiger partial charge in [-0.3, -0.25) is 9.59 Å². The topological polar surface area (TPSA) is 102 Å². The number of aliphatic hydroxyl groups excluding tert-OH is 1. The molecule has 2 aliphatic heterocycles. The van der Waals surface area contributed by atoms with E-state index in [2.05, 4.69) is 0 Å². The fourth-order valence-electron chi connectivity index (χ4n) is 3.57. The van der Waals surface area contributed by atoms with Crippen LogP contribution < -0.4 is 9.47 Å². The number of Topliss-reactive ketones (excluding diaryl/α,β-unsaturated/α-hetero) is 1. The molecule has 0 saturated carbocycles. The Kier molecular flexibility index (Phi) is 3.90. The highest BCUT2D eigenvalue weighted by atomic mass is 16.7. The van der Waals surface area contributed by atoms with Crippen molar-refractivity contribution in [2.75, 3.05) is 6.79 Å². The summed E-state index contributed by atoms with van der Waals surface area (Å²) < 4.78 is 21.4. The summed E-state index contributed by atoms with van der Waals surface area (Å²) in [5, 5.41) is 10.5. The summed E-state index contributed by atoms with van der Waals surface area (Å²) in [5.74, 6) is -0.270. The number of fused-ring (bicyclic) bond motifs is 1. The minimum absolute atomic E-state index is 0.0286. The van der Waals surface area contributed by atoms with Crippen LogP contribution in [0.4, 0.5) is 0 Å². The van der Waals surface area contributed by atoms with Gasteiger partial charge in [0, 0.05) is 6.54 Å². The van der Waals surface area contributed by atoms with Crippen molar-refractivity contribution >= 4 is 11.7 Å². The van der Waals surface area contributed by atoms with Gasteiger partial charge in [0.25, 0.3) is 5.91 Å². The predicted molar refractivity (Wildman–Crippen MR) is 97.3 cm³/mol. The number of nitrogens with zero attached hydrogens (tertiary/aromatic N) is 1. The third-order valence-corrected chi connectivity index (χ3v) is 4.90. The van der Waals surface area contributed by atoms with Crippen LogP contribution in [0, 0.1) is 0 Å². The number of carbonyl (C=O) groups excluding carboxylic acids is 2. The second-order valence-corrected chi connectivity index (χ2v) is 6.61. The maximum Gasteiger partial charge on any atom is 0.290 e. The molecule has 1 aromatic carbocycles. The van der Waals surface area contributed by atoms with Gasteiger partial charge < -0.3 is 28.3 Å². The smallest absolute Gasteiger partial charge is 0.290 e. The van der Waals surface area contributed by atoms with Gasteiger partial charge in [0.05, 0.1) is 18.1 Å². The molecule has 1 N–H and O–H groups in total. The Balaban J connectivity index is 1.53. The summed E-state index contributed by atoms with van der Waals surface area (Å²) in [7, 11) is 0. The molecule has 1 atom stereocenters. The molecule has 0 saturated heterocycles. The number of ketones is 1. The number of furan rings is 2. The van der Waals surface area contributed by atoms with Gasteiger partial charge in [-0.15, -0.1) is 0 Å². The summed E-state index contributed by atoms with van der Waals surface area (Å²) in [6.45, 7) is 0.264. The molecule has 8 heteroatoms. The predicted octanol–water partition coefficient (Wildman–Crippen LogP) is 3.38. The highest BCUT2D eigenvalue weighted by Crippen LogP contribution is 2.41. The number of benzene rings is 1. The first-order valence-corrected chi connectivity index (χ1v) is 8.87. The fourth-order valence-corrected chi connectivity index (χ4v) is 3.57. The van der Waals surface area contributed by atoms with E-state index in [9.17, 15) is 14.7 Å². The number of rotatable bonds is 5. The summed E-state index contributed by atoms with van der Waals surface area (Å²) in [4.78, 5) is 27.2. The largest absolute Gasteiger partial charge is 0.503 e. The molecule has 29 heavy (non-hydrogen) atoms. The molecule has 0 radical (unpaired) electrons. The Morgan fingerprint density at radius 2 is 1.86 bits per heavy atom. The maximum atomic E-state index is 13.0. The molecule has 1 amide bonds. The molecular weight excluding hydrogens is 378 g/mol. The molecule has 0 bridgehead atoms. The third-order valence-electron chi connectivity index (χ3n) is 4.90. The van der Waals surface area contributed by atoms with Gasteiger partial charge in [-0.2, -0.15) is 0 Å². The van der Waals surface area contributed by atoms with Crippen LogP contribution in [0.3, 0.4) is 0 Å². The molecule has 2 aliphatic rings. The zero-order chi connectivity index (χ0) is 20.0. The van der Waals surface area contributed by atoms with Crippen LogP contribution in [0.25, 0.3) is 0 Å². The van der Waals surface area contributed by atoms with E-state index < -0.39 is 23.5 Å². The van der Waals surface area contributed by atoms with Crippen molar-refractivity contribution in [3.63, 3.8) is 0 Å².